The number of aromatic nitrogens is 2. The van der Waals surface area contributed by atoms with Crippen LogP contribution in [0.5, 0.6) is 0 Å². The highest BCUT2D eigenvalue weighted by Gasteiger charge is 2.15. The van der Waals surface area contributed by atoms with Gasteiger partial charge in [-0.05, 0) is 36.5 Å². The fraction of sp³-hybridized carbons (Fsp3) is 0.0500. The largest absolute Gasteiger partial charge is 0.454 e. The lowest BCUT2D eigenvalue weighted by Crippen LogP contribution is -2.28. The summed E-state index contributed by atoms with van der Waals surface area (Å²) < 4.78 is 7.80. The van der Waals surface area contributed by atoms with Crippen LogP contribution in [-0.2, 0) is 0 Å². The van der Waals surface area contributed by atoms with Crippen LogP contribution in [0, 0.1) is 0 Å². The quantitative estimate of drug-likeness (QED) is 0.323. The van der Waals surface area contributed by atoms with Crippen molar-refractivity contribution >= 4 is 34.5 Å². The molecule has 2 heterocycles. The number of fused-ring (bicyclic) bond motifs is 1. The third-order valence-corrected chi connectivity index (χ3v) is 4.31. The first-order valence-corrected chi connectivity index (χ1v) is 8.80. The highest BCUT2D eigenvalue weighted by molar-refractivity contribution is 7.80. The van der Waals surface area contributed by atoms with Crippen molar-refractivity contribution in [3.05, 3.63) is 72.4 Å². The molecular weight excluding hydrogens is 358 g/mol. The van der Waals surface area contributed by atoms with Gasteiger partial charge in [0.2, 0.25) is 0 Å². The molecule has 2 aromatic carbocycles. The average Bonchev–Trinajstić information content (AvgIpc) is 3.32. The zero-order chi connectivity index (χ0) is 18.6. The van der Waals surface area contributed by atoms with E-state index >= 15 is 0 Å². The van der Waals surface area contributed by atoms with Gasteiger partial charge in [0, 0.05) is 24.2 Å². The molecule has 0 bridgehead atoms. The Labute approximate surface area is 161 Å². The number of rotatable bonds is 4. The minimum Gasteiger partial charge on any atom is -0.454 e. The highest BCUT2D eigenvalue weighted by Crippen LogP contribution is 2.29. The van der Waals surface area contributed by atoms with Crippen molar-refractivity contribution in [2.45, 2.75) is 0 Å². The highest BCUT2D eigenvalue weighted by atomic mass is 32.1. The zero-order valence-electron chi connectivity index (χ0n) is 14.6. The molecule has 0 aliphatic carbocycles. The minimum absolute atomic E-state index is 0.437. The predicted molar refractivity (Wildman–Crippen MR) is 111 cm³/mol. The van der Waals surface area contributed by atoms with Crippen LogP contribution in [0.2, 0.25) is 0 Å². The maximum atomic E-state index is 6.00. The van der Waals surface area contributed by atoms with E-state index in [-0.39, 0.29) is 0 Å². The Morgan fingerprint density at radius 3 is 2.70 bits per heavy atom. The summed E-state index contributed by atoms with van der Waals surface area (Å²) in [6, 6.07) is 19.8. The maximum Gasteiger partial charge on any atom is 0.186 e. The molecule has 0 fully saturated rings. The molecule has 0 aliphatic heterocycles. The summed E-state index contributed by atoms with van der Waals surface area (Å²) in [5, 5.41) is 13.2. The van der Waals surface area contributed by atoms with Crippen molar-refractivity contribution < 1.29 is 4.42 Å². The fourth-order valence-corrected chi connectivity index (χ4v) is 2.75. The number of para-hydroxylation sites is 2. The van der Waals surface area contributed by atoms with Gasteiger partial charge >= 0.3 is 0 Å². The van der Waals surface area contributed by atoms with Gasteiger partial charge in [0.15, 0.2) is 10.9 Å². The number of hydrogen-bond acceptors (Lipinski definition) is 4. The third kappa shape index (κ3) is 3.58. The molecule has 0 atom stereocenters. The van der Waals surface area contributed by atoms with E-state index in [1.54, 1.807) is 17.9 Å². The summed E-state index contributed by atoms with van der Waals surface area (Å²) in [5.41, 5.74) is 6.04. The van der Waals surface area contributed by atoms with Gasteiger partial charge in [0.1, 0.15) is 11.3 Å². The van der Waals surface area contributed by atoms with Crippen LogP contribution in [-0.4, -0.2) is 28.2 Å². The number of furan rings is 1. The van der Waals surface area contributed by atoms with Crippen molar-refractivity contribution in [1.29, 1.82) is 0 Å². The first-order valence-electron chi connectivity index (χ1n) is 8.39. The lowest BCUT2D eigenvalue weighted by Gasteiger charge is -1.99. The number of benzene rings is 2. The second-order valence-electron chi connectivity index (χ2n) is 5.81. The molecule has 0 aliphatic rings. The van der Waals surface area contributed by atoms with Crippen LogP contribution in [0.4, 0.5) is 0 Å². The monoisotopic (exact) mass is 375 g/mol. The van der Waals surface area contributed by atoms with Gasteiger partial charge in [-0.1, -0.05) is 36.4 Å². The summed E-state index contributed by atoms with van der Waals surface area (Å²) in [4.78, 5) is 0. The van der Waals surface area contributed by atoms with E-state index in [2.05, 4.69) is 15.8 Å². The van der Waals surface area contributed by atoms with Gasteiger partial charge in [-0.15, -0.1) is 0 Å². The van der Waals surface area contributed by atoms with E-state index in [0.29, 0.717) is 16.6 Å². The van der Waals surface area contributed by atoms with Crippen LogP contribution < -0.4 is 10.7 Å². The Balaban J connectivity index is 1.78. The van der Waals surface area contributed by atoms with Crippen molar-refractivity contribution in [3.8, 4) is 17.1 Å². The van der Waals surface area contributed by atoms with E-state index in [4.69, 9.17) is 21.7 Å². The molecule has 27 heavy (non-hydrogen) atoms. The molecule has 134 valence electrons. The smallest absolute Gasteiger partial charge is 0.186 e. The van der Waals surface area contributed by atoms with Gasteiger partial charge in [-0.2, -0.15) is 10.2 Å². The molecule has 0 saturated heterocycles. The van der Waals surface area contributed by atoms with Gasteiger partial charge < -0.3 is 9.73 Å². The zero-order valence-corrected chi connectivity index (χ0v) is 15.4. The standard InChI is InChI=1S/C20H17N5OS/c1-21-20(27)23-22-12-15-13-25(16-8-3-2-4-9-16)24-19(15)18-11-14-7-5-6-10-17(14)26-18/h2-13H,1H3,(H2,21,23,27)/b22-12+. The van der Waals surface area contributed by atoms with E-state index in [1.807, 2.05) is 66.9 Å². The summed E-state index contributed by atoms with van der Waals surface area (Å²) in [6.07, 6.45) is 3.59. The van der Waals surface area contributed by atoms with Crippen LogP contribution in [0.25, 0.3) is 28.1 Å². The number of hydrazone groups is 1. The summed E-state index contributed by atoms with van der Waals surface area (Å²) in [6.45, 7) is 0. The summed E-state index contributed by atoms with van der Waals surface area (Å²) in [7, 11) is 1.73. The number of thiocarbonyl (C=S) groups is 1. The first kappa shape index (κ1) is 17.0. The van der Waals surface area contributed by atoms with E-state index in [9.17, 15) is 0 Å². The third-order valence-electron chi connectivity index (χ3n) is 4.02. The van der Waals surface area contributed by atoms with Gasteiger partial charge in [-0.25, -0.2) is 4.68 Å². The van der Waals surface area contributed by atoms with Crippen LogP contribution in [0.15, 0.2) is 76.4 Å². The van der Waals surface area contributed by atoms with Crippen molar-refractivity contribution in [2.75, 3.05) is 7.05 Å². The molecule has 0 saturated carbocycles. The number of hydrogen-bond donors (Lipinski definition) is 2. The Kier molecular flexibility index (Phi) is 4.67. The van der Waals surface area contributed by atoms with Gasteiger partial charge in [0.05, 0.1) is 11.9 Å². The van der Waals surface area contributed by atoms with E-state index in [1.165, 1.54) is 0 Å². The predicted octanol–water partition coefficient (Wildman–Crippen LogP) is 3.71. The minimum atomic E-state index is 0.437. The SMILES string of the molecule is CNC(=S)N/N=C/c1cn(-c2ccccc2)nc1-c1cc2ccccc2o1. The molecule has 2 N–H and O–H groups in total. The molecule has 2 aromatic heterocycles. The molecule has 4 aromatic rings. The molecule has 0 spiro atoms. The fourth-order valence-electron chi connectivity index (χ4n) is 2.70. The van der Waals surface area contributed by atoms with Gasteiger partial charge in [0.25, 0.3) is 0 Å². The molecule has 0 radical (unpaired) electrons. The van der Waals surface area contributed by atoms with E-state index < -0.39 is 0 Å². The van der Waals surface area contributed by atoms with Gasteiger partial charge in [-0.3, -0.25) is 5.43 Å². The van der Waals surface area contributed by atoms with Crippen molar-refractivity contribution in [2.24, 2.45) is 5.10 Å². The number of nitrogens with one attached hydrogen (secondary N) is 2. The summed E-state index contributed by atoms with van der Waals surface area (Å²) in [5.74, 6) is 0.684. The Morgan fingerprint density at radius 1 is 1.15 bits per heavy atom. The van der Waals surface area contributed by atoms with Crippen molar-refractivity contribution in [3.63, 3.8) is 0 Å². The Bertz CT molecular complexity index is 1080. The summed E-state index contributed by atoms with van der Waals surface area (Å²) >= 11 is 5.05. The first-order chi connectivity index (χ1) is 13.2. The second-order valence-corrected chi connectivity index (χ2v) is 6.22. The second kappa shape index (κ2) is 7.43. The van der Waals surface area contributed by atoms with E-state index in [0.717, 1.165) is 22.2 Å². The van der Waals surface area contributed by atoms with Crippen LogP contribution in [0.1, 0.15) is 5.56 Å². The average molecular weight is 375 g/mol. The molecular formula is C20H17N5OS. The molecule has 7 heteroatoms. The lowest BCUT2D eigenvalue weighted by atomic mass is 10.2. The Morgan fingerprint density at radius 2 is 1.93 bits per heavy atom. The Hall–Kier alpha value is -3.45. The van der Waals surface area contributed by atoms with Crippen LogP contribution in [0.3, 0.4) is 0 Å². The molecule has 6 nitrogen and oxygen atoms in total. The normalized spacial score (nSPS) is 11.1. The molecule has 0 amide bonds. The maximum absolute atomic E-state index is 6.00. The lowest BCUT2D eigenvalue weighted by molar-refractivity contribution is 0.627. The van der Waals surface area contributed by atoms with Crippen LogP contribution >= 0.6 is 12.2 Å². The number of nitrogens with zero attached hydrogens (tertiary/aromatic N) is 3. The topological polar surface area (TPSA) is 67.4 Å². The van der Waals surface area contributed by atoms with Crippen molar-refractivity contribution in [1.82, 2.24) is 20.5 Å². The molecule has 4 rings (SSSR count). The molecule has 0 unspecified atom stereocenters.